The van der Waals surface area contributed by atoms with Crippen LogP contribution in [0.4, 0.5) is 4.79 Å². The van der Waals surface area contributed by atoms with Gasteiger partial charge in [0.05, 0.1) is 7.11 Å². The first-order valence-corrected chi connectivity index (χ1v) is 6.55. The molecule has 1 N–H and O–H groups in total. The maximum atomic E-state index is 11.5. The van der Waals surface area contributed by atoms with Crippen LogP contribution in [0.2, 0.25) is 0 Å². The highest BCUT2D eigenvalue weighted by atomic mass is 16.5. The largest absolute Gasteiger partial charge is 0.453 e. The summed E-state index contributed by atoms with van der Waals surface area (Å²) < 4.78 is 4.59. The molecule has 1 aromatic rings. The zero-order valence-corrected chi connectivity index (χ0v) is 11.5. The Hall–Kier alpha value is -1.84. The van der Waals surface area contributed by atoms with Gasteiger partial charge < -0.3 is 10.1 Å². The number of ketones is 1. The molecule has 1 amide bonds. The minimum absolute atomic E-state index is 0.148. The Morgan fingerprint density at radius 3 is 2.53 bits per heavy atom. The Balaban J connectivity index is 2.53. The second kappa shape index (κ2) is 8.29. The molecule has 104 valence electrons. The second-order valence-electron chi connectivity index (χ2n) is 4.45. The molecular weight excluding hydrogens is 242 g/mol. The lowest BCUT2D eigenvalue weighted by Gasteiger charge is -2.17. The molecule has 0 aliphatic rings. The molecule has 0 saturated heterocycles. The monoisotopic (exact) mass is 263 g/mol. The fourth-order valence-electron chi connectivity index (χ4n) is 1.86. The van der Waals surface area contributed by atoms with E-state index in [9.17, 15) is 9.59 Å². The van der Waals surface area contributed by atoms with Gasteiger partial charge in [-0.2, -0.15) is 0 Å². The predicted octanol–water partition coefficient (Wildman–Crippen LogP) is 2.71. The highest BCUT2D eigenvalue weighted by molar-refractivity contribution is 5.79. The van der Waals surface area contributed by atoms with Gasteiger partial charge in [0.25, 0.3) is 0 Å². The van der Waals surface area contributed by atoms with Gasteiger partial charge in [-0.25, -0.2) is 4.79 Å². The summed E-state index contributed by atoms with van der Waals surface area (Å²) in [6, 6.07) is 9.84. The molecule has 0 bridgehead atoms. The van der Waals surface area contributed by atoms with Crippen molar-refractivity contribution in [1.82, 2.24) is 5.32 Å². The average Bonchev–Trinajstić information content (AvgIpc) is 2.45. The van der Waals surface area contributed by atoms with E-state index in [1.165, 1.54) is 12.7 Å². The molecule has 4 nitrogen and oxygen atoms in total. The van der Waals surface area contributed by atoms with E-state index in [0.29, 0.717) is 12.8 Å². The number of amides is 1. The van der Waals surface area contributed by atoms with Crippen molar-refractivity contribution in [3.8, 4) is 0 Å². The van der Waals surface area contributed by atoms with Crippen LogP contribution in [0.25, 0.3) is 0 Å². The van der Waals surface area contributed by atoms with Crippen molar-refractivity contribution in [2.24, 2.45) is 0 Å². The summed E-state index contributed by atoms with van der Waals surface area (Å²) in [6.45, 7) is 1.83. The van der Waals surface area contributed by atoms with Gasteiger partial charge in [0.1, 0.15) is 5.78 Å². The van der Waals surface area contributed by atoms with E-state index < -0.39 is 6.09 Å². The first kappa shape index (κ1) is 15.2. The Kier molecular flexibility index (Phi) is 6.64. The molecule has 0 radical (unpaired) electrons. The minimum atomic E-state index is -0.484. The standard InChI is InChI=1S/C15H21NO3/c1-3-14(17)11-13(16-15(18)19-2)10-9-12-7-5-4-6-8-12/h4-8,13H,3,9-11H2,1-2H3,(H,16,18). The lowest BCUT2D eigenvalue weighted by Crippen LogP contribution is -2.36. The van der Waals surface area contributed by atoms with E-state index >= 15 is 0 Å². The minimum Gasteiger partial charge on any atom is -0.453 e. The molecule has 0 fully saturated rings. The number of methoxy groups -OCH3 is 1. The van der Waals surface area contributed by atoms with Crippen molar-refractivity contribution in [2.45, 2.75) is 38.6 Å². The van der Waals surface area contributed by atoms with Crippen molar-refractivity contribution in [3.63, 3.8) is 0 Å². The zero-order chi connectivity index (χ0) is 14.1. The normalized spacial score (nSPS) is 11.7. The van der Waals surface area contributed by atoms with E-state index in [0.717, 1.165) is 12.8 Å². The van der Waals surface area contributed by atoms with Crippen molar-refractivity contribution in [2.75, 3.05) is 7.11 Å². The number of aryl methyl sites for hydroxylation is 1. The van der Waals surface area contributed by atoms with E-state index in [1.807, 2.05) is 37.3 Å². The van der Waals surface area contributed by atoms with Gasteiger partial charge in [0.15, 0.2) is 0 Å². The molecule has 1 aromatic carbocycles. The lowest BCUT2D eigenvalue weighted by molar-refractivity contribution is -0.119. The van der Waals surface area contributed by atoms with Crippen LogP contribution in [-0.2, 0) is 16.0 Å². The fourth-order valence-corrected chi connectivity index (χ4v) is 1.86. The molecule has 1 unspecified atom stereocenters. The summed E-state index contributed by atoms with van der Waals surface area (Å²) in [7, 11) is 1.32. The van der Waals surface area contributed by atoms with Gasteiger partial charge in [0.2, 0.25) is 0 Å². The van der Waals surface area contributed by atoms with E-state index in [1.54, 1.807) is 0 Å². The lowest BCUT2D eigenvalue weighted by atomic mass is 10.0. The maximum absolute atomic E-state index is 11.5. The van der Waals surface area contributed by atoms with Crippen molar-refractivity contribution < 1.29 is 14.3 Å². The molecule has 0 aromatic heterocycles. The third-order valence-electron chi connectivity index (χ3n) is 3.00. The quantitative estimate of drug-likeness (QED) is 0.823. The highest BCUT2D eigenvalue weighted by Gasteiger charge is 2.15. The third kappa shape index (κ3) is 6.04. The van der Waals surface area contributed by atoms with Gasteiger partial charge >= 0.3 is 6.09 Å². The zero-order valence-electron chi connectivity index (χ0n) is 11.5. The molecule has 4 heteroatoms. The molecule has 0 aliphatic heterocycles. The SMILES string of the molecule is CCC(=O)CC(CCc1ccccc1)NC(=O)OC. The van der Waals surface area contributed by atoms with Gasteiger partial charge in [0, 0.05) is 18.9 Å². The fraction of sp³-hybridized carbons (Fsp3) is 0.467. The Morgan fingerprint density at radius 1 is 1.26 bits per heavy atom. The van der Waals surface area contributed by atoms with Crippen LogP contribution in [0, 0.1) is 0 Å². The van der Waals surface area contributed by atoms with E-state index in [4.69, 9.17) is 0 Å². The highest BCUT2D eigenvalue weighted by Crippen LogP contribution is 2.09. The summed E-state index contributed by atoms with van der Waals surface area (Å²) in [5.74, 6) is 0.148. The van der Waals surface area contributed by atoms with Crippen LogP contribution >= 0.6 is 0 Å². The number of hydrogen-bond donors (Lipinski definition) is 1. The van der Waals surface area contributed by atoms with Gasteiger partial charge in [-0.1, -0.05) is 37.3 Å². The van der Waals surface area contributed by atoms with Crippen LogP contribution in [0.1, 0.15) is 31.7 Å². The number of carbonyl (C=O) groups is 2. The molecule has 0 aliphatic carbocycles. The van der Waals surface area contributed by atoms with Crippen molar-refractivity contribution in [1.29, 1.82) is 0 Å². The Morgan fingerprint density at radius 2 is 1.95 bits per heavy atom. The first-order chi connectivity index (χ1) is 9.15. The summed E-state index contributed by atoms with van der Waals surface area (Å²) in [4.78, 5) is 22.8. The van der Waals surface area contributed by atoms with Crippen molar-refractivity contribution in [3.05, 3.63) is 35.9 Å². The number of nitrogens with one attached hydrogen (secondary N) is 1. The topological polar surface area (TPSA) is 55.4 Å². The number of Topliss-reactive ketones (excluding diaryl/α,β-unsaturated/α-hetero) is 1. The third-order valence-corrected chi connectivity index (χ3v) is 3.00. The van der Waals surface area contributed by atoms with Crippen LogP contribution in [0.3, 0.4) is 0 Å². The predicted molar refractivity (Wildman–Crippen MR) is 74.0 cm³/mol. The van der Waals surface area contributed by atoms with Crippen LogP contribution < -0.4 is 5.32 Å². The summed E-state index contributed by atoms with van der Waals surface area (Å²) >= 11 is 0. The van der Waals surface area contributed by atoms with E-state index in [2.05, 4.69) is 10.1 Å². The van der Waals surface area contributed by atoms with Crippen LogP contribution in [0.5, 0.6) is 0 Å². The van der Waals surface area contributed by atoms with Crippen molar-refractivity contribution >= 4 is 11.9 Å². The second-order valence-corrected chi connectivity index (χ2v) is 4.45. The molecule has 1 rings (SSSR count). The molecular formula is C15H21NO3. The Bertz CT molecular complexity index is 385. The van der Waals surface area contributed by atoms with Gasteiger partial charge in [-0.3, -0.25) is 4.79 Å². The first-order valence-electron chi connectivity index (χ1n) is 6.55. The van der Waals surface area contributed by atoms with Crippen LogP contribution in [-0.4, -0.2) is 25.0 Å². The summed E-state index contributed by atoms with van der Waals surface area (Å²) in [6.07, 6.45) is 1.92. The van der Waals surface area contributed by atoms with Gasteiger partial charge in [-0.05, 0) is 18.4 Å². The molecule has 0 spiro atoms. The number of rotatable bonds is 7. The molecule has 0 saturated carbocycles. The van der Waals surface area contributed by atoms with E-state index in [-0.39, 0.29) is 11.8 Å². The maximum Gasteiger partial charge on any atom is 0.407 e. The molecule has 1 atom stereocenters. The summed E-state index contributed by atoms with van der Waals surface area (Å²) in [5, 5.41) is 2.72. The van der Waals surface area contributed by atoms with Crippen LogP contribution in [0.15, 0.2) is 30.3 Å². The average molecular weight is 263 g/mol. The number of hydrogen-bond acceptors (Lipinski definition) is 3. The molecule has 19 heavy (non-hydrogen) atoms. The summed E-state index contributed by atoms with van der Waals surface area (Å²) in [5.41, 5.74) is 1.20. The number of carbonyl (C=O) groups excluding carboxylic acids is 2. The number of benzene rings is 1. The number of alkyl carbamates (subject to hydrolysis) is 1. The molecule has 0 heterocycles. The number of ether oxygens (including phenoxy) is 1. The Labute approximate surface area is 114 Å². The smallest absolute Gasteiger partial charge is 0.407 e. The van der Waals surface area contributed by atoms with Gasteiger partial charge in [-0.15, -0.1) is 0 Å².